The van der Waals surface area contributed by atoms with Crippen LogP contribution >= 0.6 is 0 Å². The van der Waals surface area contributed by atoms with Crippen molar-refractivity contribution in [1.82, 2.24) is 20.1 Å². The van der Waals surface area contributed by atoms with Crippen LogP contribution in [0.5, 0.6) is 0 Å². The van der Waals surface area contributed by atoms with Gasteiger partial charge in [0.1, 0.15) is 18.5 Å². The molecular formula is C19H26N4O2. The molecule has 2 atom stereocenters. The summed E-state index contributed by atoms with van der Waals surface area (Å²) in [5.41, 5.74) is 1.03. The lowest BCUT2D eigenvalue weighted by atomic mass is 9.96. The number of hydrogen-bond donors (Lipinski definition) is 1. The van der Waals surface area contributed by atoms with Crippen molar-refractivity contribution in [3.05, 3.63) is 47.5 Å². The molecule has 6 nitrogen and oxygen atoms in total. The number of nitrogens with one attached hydrogen (secondary N) is 1. The first-order valence-corrected chi connectivity index (χ1v) is 8.86. The van der Waals surface area contributed by atoms with E-state index in [1.807, 2.05) is 49.1 Å². The number of benzene rings is 1. The fourth-order valence-corrected chi connectivity index (χ4v) is 3.35. The van der Waals surface area contributed by atoms with Gasteiger partial charge in [-0.3, -0.25) is 9.89 Å². The number of carbonyl (C=O) groups excluding carboxylic acids is 1. The second-order valence-corrected chi connectivity index (χ2v) is 7.22. The molecule has 2 aromatic rings. The highest BCUT2D eigenvalue weighted by Crippen LogP contribution is 2.39. The molecule has 1 saturated heterocycles. The van der Waals surface area contributed by atoms with Crippen LogP contribution in [-0.4, -0.2) is 38.6 Å². The van der Waals surface area contributed by atoms with Gasteiger partial charge in [0.05, 0.1) is 6.04 Å². The Kier molecular flexibility index (Phi) is 5.18. The Hall–Kier alpha value is -2.21. The van der Waals surface area contributed by atoms with E-state index in [0.717, 1.165) is 17.8 Å². The summed E-state index contributed by atoms with van der Waals surface area (Å²) in [7, 11) is 0. The van der Waals surface area contributed by atoms with Crippen molar-refractivity contribution >= 4 is 5.91 Å². The predicted octanol–water partition coefficient (Wildman–Crippen LogP) is 3.05. The first kappa shape index (κ1) is 17.6. The lowest BCUT2D eigenvalue weighted by Crippen LogP contribution is -2.49. The topological polar surface area (TPSA) is 71.1 Å². The van der Waals surface area contributed by atoms with E-state index >= 15 is 0 Å². The zero-order valence-electron chi connectivity index (χ0n) is 15.3. The minimum atomic E-state index is -0.375. The van der Waals surface area contributed by atoms with Gasteiger partial charge in [-0.25, -0.2) is 4.98 Å². The molecule has 1 fully saturated rings. The zero-order chi connectivity index (χ0) is 18.0. The Morgan fingerprint density at radius 3 is 2.60 bits per heavy atom. The summed E-state index contributed by atoms with van der Waals surface area (Å²) in [6.45, 7) is 8.40. The first-order chi connectivity index (χ1) is 12.0. The molecule has 0 radical (unpaired) electrons. The second-order valence-electron chi connectivity index (χ2n) is 7.22. The summed E-state index contributed by atoms with van der Waals surface area (Å²) in [6.07, 6.45) is 0.461. The molecule has 1 aliphatic rings. The molecule has 2 heterocycles. The van der Waals surface area contributed by atoms with Gasteiger partial charge >= 0.3 is 0 Å². The maximum atomic E-state index is 12.5. The smallest absolute Gasteiger partial charge is 0.249 e. The van der Waals surface area contributed by atoms with Gasteiger partial charge in [-0.1, -0.05) is 44.2 Å². The van der Waals surface area contributed by atoms with E-state index < -0.39 is 0 Å². The zero-order valence-corrected chi connectivity index (χ0v) is 15.3. The monoisotopic (exact) mass is 342 g/mol. The van der Waals surface area contributed by atoms with E-state index in [9.17, 15) is 4.79 Å². The number of carbonyl (C=O) groups is 1. The first-order valence-electron chi connectivity index (χ1n) is 8.86. The lowest BCUT2D eigenvalue weighted by Gasteiger charge is -2.42. The van der Waals surface area contributed by atoms with E-state index in [1.165, 1.54) is 0 Å². The molecule has 6 heteroatoms. The third kappa shape index (κ3) is 3.74. The van der Waals surface area contributed by atoms with Crippen LogP contribution in [0, 0.1) is 5.92 Å². The standard InChI is InChI=1S/C19H26N4O2/c1-12(2)10-15-20-19(22-21-15)18-17(14-8-6-5-7-9-14)23(13(3)4)16(24)11-25-18/h5-9,12-13,17-18H,10-11H2,1-4H3,(H,20,21,22)/t17-,18+/m1/s1. The number of H-pyrrole nitrogens is 1. The molecule has 1 amide bonds. The molecule has 134 valence electrons. The molecule has 1 aromatic heterocycles. The minimum absolute atomic E-state index is 0.00181. The molecule has 0 unspecified atom stereocenters. The van der Waals surface area contributed by atoms with Crippen LogP contribution in [0.2, 0.25) is 0 Å². The van der Waals surface area contributed by atoms with Crippen molar-refractivity contribution in [2.45, 2.75) is 52.3 Å². The molecule has 25 heavy (non-hydrogen) atoms. The van der Waals surface area contributed by atoms with E-state index in [1.54, 1.807) is 0 Å². The maximum Gasteiger partial charge on any atom is 0.249 e. The number of nitrogens with zero attached hydrogens (tertiary/aromatic N) is 3. The van der Waals surface area contributed by atoms with Crippen molar-refractivity contribution in [3.63, 3.8) is 0 Å². The van der Waals surface area contributed by atoms with Crippen LogP contribution in [-0.2, 0) is 16.0 Å². The highest BCUT2D eigenvalue weighted by molar-refractivity contribution is 5.79. The van der Waals surface area contributed by atoms with Gasteiger partial charge in [0.15, 0.2) is 5.82 Å². The van der Waals surface area contributed by atoms with Crippen LogP contribution < -0.4 is 0 Å². The van der Waals surface area contributed by atoms with Gasteiger partial charge in [0, 0.05) is 12.5 Å². The summed E-state index contributed by atoms with van der Waals surface area (Å²) in [5.74, 6) is 1.96. The van der Waals surface area contributed by atoms with Crippen LogP contribution in [0.4, 0.5) is 0 Å². The SMILES string of the molecule is CC(C)Cc1nc([C@H]2OCC(=O)N(C(C)C)[C@@H]2c2ccccc2)n[nH]1. The number of morpholine rings is 1. The molecule has 1 N–H and O–H groups in total. The second kappa shape index (κ2) is 7.35. The summed E-state index contributed by atoms with van der Waals surface area (Å²) >= 11 is 0. The Bertz CT molecular complexity index is 711. The number of aromatic amines is 1. The molecule has 0 bridgehead atoms. The van der Waals surface area contributed by atoms with Crippen LogP contribution in [0.15, 0.2) is 30.3 Å². The largest absolute Gasteiger partial charge is 0.358 e. The summed E-state index contributed by atoms with van der Waals surface area (Å²) < 4.78 is 5.91. The lowest BCUT2D eigenvalue weighted by molar-refractivity contribution is -0.162. The molecule has 0 aliphatic carbocycles. The third-order valence-electron chi connectivity index (χ3n) is 4.36. The summed E-state index contributed by atoms with van der Waals surface area (Å²) in [5, 5.41) is 7.41. The molecule has 1 aromatic carbocycles. The van der Waals surface area contributed by atoms with E-state index in [2.05, 4.69) is 29.0 Å². The number of hydrogen-bond acceptors (Lipinski definition) is 4. The highest BCUT2D eigenvalue weighted by atomic mass is 16.5. The Labute approximate surface area is 148 Å². The number of rotatable bonds is 5. The van der Waals surface area contributed by atoms with Gasteiger partial charge in [0.2, 0.25) is 5.91 Å². The van der Waals surface area contributed by atoms with E-state index in [4.69, 9.17) is 4.74 Å². The average Bonchev–Trinajstić information content (AvgIpc) is 3.02. The molecule has 3 rings (SSSR count). The molecule has 1 aliphatic heterocycles. The van der Waals surface area contributed by atoms with Gasteiger partial charge in [-0.05, 0) is 25.3 Å². The van der Waals surface area contributed by atoms with Crippen LogP contribution in [0.3, 0.4) is 0 Å². The third-order valence-corrected chi connectivity index (χ3v) is 4.36. The van der Waals surface area contributed by atoms with Crippen LogP contribution in [0.1, 0.15) is 57.1 Å². The molecule has 0 spiro atoms. The van der Waals surface area contributed by atoms with Gasteiger partial charge in [-0.15, -0.1) is 0 Å². The quantitative estimate of drug-likeness (QED) is 0.906. The van der Waals surface area contributed by atoms with Gasteiger partial charge < -0.3 is 9.64 Å². The summed E-state index contributed by atoms with van der Waals surface area (Å²) in [4.78, 5) is 19.0. The van der Waals surface area contributed by atoms with Crippen LogP contribution in [0.25, 0.3) is 0 Å². The maximum absolute atomic E-state index is 12.5. The highest BCUT2D eigenvalue weighted by Gasteiger charge is 2.41. The van der Waals surface area contributed by atoms with Gasteiger partial charge in [0.25, 0.3) is 0 Å². The van der Waals surface area contributed by atoms with Crippen molar-refractivity contribution in [2.24, 2.45) is 5.92 Å². The van der Waals surface area contributed by atoms with Crippen molar-refractivity contribution in [2.75, 3.05) is 6.61 Å². The molecular weight excluding hydrogens is 316 g/mol. The average molecular weight is 342 g/mol. The fraction of sp³-hybridized carbons (Fsp3) is 0.526. The Morgan fingerprint density at radius 1 is 1.24 bits per heavy atom. The Morgan fingerprint density at radius 2 is 1.96 bits per heavy atom. The number of amides is 1. The van der Waals surface area contributed by atoms with Crippen molar-refractivity contribution in [3.8, 4) is 0 Å². The minimum Gasteiger partial charge on any atom is -0.358 e. The van der Waals surface area contributed by atoms with E-state index in [-0.39, 0.29) is 30.7 Å². The predicted molar refractivity (Wildman–Crippen MR) is 94.8 cm³/mol. The fourth-order valence-electron chi connectivity index (χ4n) is 3.35. The summed E-state index contributed by atoms with van der Waals surface area (Å²) in [6, 6.07) is 9.81. The van der Waals surface area contributed by atoms with Crippen molar-refractivity contribution in [1.29, 1.82) is 0 Å². The normalized spacial score (nSPS) is 21.4. The Balaban J connectivity index is 1.98. The van der Waals surface area contributed by atoms with Gasteiger partial charge in [-0.2, -0.15) is 5.10 Å². The molecule has 0 saturated carbocycles. The number of aromatic nitrogens is 3. The number of ether oxygens (including phenoxy) is 1. The van der Waals surface area contributed by atoms with E-state index in [0.29, 0.717) is 11.7 Å². The van der Waals surface area contributed by atoms with Crippen molar-refractivity contribution < 1.29 is 9.53 Å².